The van der Waals surface area contributed by atoms with Crippen LogP contribution in [-0.4, -0.2) is 27.6 Å². The van der Waals surface area contributed by atoms with Crippen molar-refractivity contribution in [3.05, 3.63) is 90.1 Å². The van der Waals surface area contributed by atoms with Crippen molar-refractivity contribution in [2.75, 3.05) is 4.90 Å². The highest BCUT2D eigenvalue weighted by Gasteiger charge is 2.44. The van der Waals surface area contributed by atoms with E-state index in [0.29, 0.717) is 5.69 Å². The summed E-state index contributed by atoms with van der Waals surface area (Å²) in [5, 5.41) is 8.31. The zero-order valence-corrected chi connectivity index (χ0v) is 18.7. The average molecular weight is 472 g/mol. The number of halogens is 2. The van der Waals surface area contributed by atoms with Gasteiger partial charge in [-0.2, -0.15) is 5.10 Å². The maximum atomic E-state index is 13.7. The number of nitrogens with zero attached hydrogens (tertiary/aromatic N) is 3. The molecule has 1 saturated heterocycles. The van der Waals surface area contributed by atoms with Gasteiger partial charge < -0.3 is 10.2 Å². The summed E-state index contributed by atoms with van der Waals surface area (Å²) >= 11 is 0. The van der Waals surface area contributed by atoms with Crippen molar-refractivity contribution in [2.24, 2.45) is 5.92 Å². The molecular formula is C27H22F2N4O2. The number of anilines is 1. The van der Waals surface area contributed by atoms with E-state index in [9.17, 15) is 18.4 Å². The van der Waals surface area contributed by atoms with Crippen LogP contribution in [0.25, 0.3) is 16.6 Å². The minimum Gasteiger partial charge on any atom is -0.350 e. The first-order chi connectivity index (χ1) is 17.0. The van der Waals surface area contributed by atoms with Crippen molar-refractivity contribution < 1.29 is 18.4 Å². The number of fused-ring (bicyclic) bond motifs is 1. The second-order valence-corrected chi connectivity index (χ2v) is 9.13. The van der Waals surface area contributed by atoms with Gasteiger partial charge in [-0.05, 0) is 73.0 Å². The molecule has 2 atom stereocenters. The topological polar surface area (TPSA) is 67.2 Å². The Morgan fingerprint density at radius 1 is 0.914 bits per heavy atom. The van der Waals surface area contributed by atoms with E-state index in [1.54, 1.807) is 40.0 Å². The first kappa shape index (κ1) is 21.5. The Kier molecular flexibility index (Phi) is 5.09. The smallest absolute Gasteiger partial charge is 0.229 e. The molecule has 1 N–H and O–H groups in total. The van der Waals surface area contributed by atoms with Gasteiger partial charge in [0, 0.05) is 23.4 Å². The van der Waals surface area contributed by atoms with Crippen LogP contribution in [0.3, 0.4) is 0 Å². The molecule has 35 heavy (non-hydrogen) atoms. The normalized spacial score (nSPS) is 19.9. The van der Waals surface area contributed by atoms with Crippen LogP contribution in [0.2, 0.25) is 0 Å². The van der Waals surface area contributed by atoms with E-state index >= 15 is 0 Å². The molecule has 6 rings (SSSR count). The van der Waals surface area contributed by atoms with Crippen molar-refractivity contribution in [1.29, 1.82) is 0 Å². The predicted molar refractivity (Wildman–Crippen MR) is 127 cm³/mol. The van der Waals surface area contributed by atoms with Crippen LogP contribution in [0, 0.1) is 17.6 Å². The molecule has 2 heterocycles. The van der Waals surface area contributed by atoms with Crippen molar-refractivity contribution >= 4 is 28.4 Å². The van der Waals surface area contributed by atoms with E-state index in [4.69, 9.17) is 0 Å². The lowest BCUT2D eigenvalue weighted by Crippen LogP contribution is -2.40. The molecule has 0 bridgehead atoms. The molecule has 0 unspecified atom stereocenters. The van der Waals surface area contributed by atoms with Gasteiger partial charge in [0.05, 0.1) is 29.5 Å². The molecule has 3 aromatic carbocycles. The first-order valence-electron chi connectivity index (χ1n) is 11.6. The Morgan fingerprint density at radius 3 is 2.26 bits per heavy atom. The molecule has 6 nitrogen and oxygen atoms in total. The fraction of sp³-hybridized carbons (Fsp3) is 0.222. The molecule has 2 aliphatic rings. The number of hydrogen-bond acceptors (Lipinski definition) is 3. The largest absolute Gasteiger partial charge is 0.350 e. The molecule has 1 saturated carbocycles. The Bertz CT molecular complexity index is 1430. The first-order valence-corrected chi connectivity index (χ1v) is 11.6. The van der Waals surface area contributed by atoms with E-state index in [2.05, 4.69) is 10.4 Å². The van der Waals surface area contributed by atoms with Crippen molar-refractivity contribution in [2.45, 2.75) is 31.3 Å². The molecule has 1 aliphatic heterocycles. The Balaban J connectivity index is 1.38. The SMILES string of the molecule is O=C(N[C@H]1CC(=O)N(c2ccc3c(cnn3-c3ccc(F)cc3)c2)[C@@H]1c1ccc(F)cc1)C1CC1. The fourth-order valence-electron chi connectivity index (χ4n) is 4.81. The van der Waals surface area contributed by atoms with E-state index in [1.807, 2.05) is 18.2 Å². The summed E-state index contributed by atoms with van der Waals surface area (Å²) in [7, 11) is 0. The van der Waals surface area contributed by atoms with Crippen molar-refractivity contribution in [3.8, 4) is 5.69 Å². The van der Waals surface area contributed by atoms with Crippen LogP contribution in [0.15, 0.2) is 72.9 Å². The quantitative estimate of drug-likeness (QED) is 0.459. The van der Waals surface area contributed by atoms with Crippen LogP contribution in [0.1, 0.15) is 30.9 Å². The Hall–Kier alpha value is -4.07. The van der Waals surface area contributed by atoms with Gasteiger partial charge in [-0.1, -0.05) is 12.1 Å². The van der Waals surface area contributed by atoms with E-state index in [1.165, 1.54) is 24.3 Å². The third kappa shape index (κ3) is 3.95. The number of amides is 2. The third-order valence-corrected chi connectivity index (χ3v) is 6.71. The number of carbonyl (C=O) groups excluding carboxylic acids is 2. The van der Waals surface area contributed by atoms with Crippen LogP contribution >= 0.6 is 0 Å². The molecule has 1 aliphatic carbocycles. The molecule has 0 radical (unpaired) electrons. The zero-order chi connectivity index (χ0) is 24.1. The summed E-state index contributed by atoms with van der Waals surface area (Å²) in [6.07, 6.45) is 3.59. The van der Waals surface area contributed by atoms with Gasteiger partial charge in [-0.15, -0.1) is 0 Å². The summed E-state index contributed by atoms with van der Waals surface area (Å²) < 4.78 is 28.7. The highest BCUT2D eigenvalue weighted by Crippen LogP contribution is 2.39. The summed E-state index contributed by atoms with van der Waals surface area (Å²) in [6.45, 7) is 0. The maximum absolute atomic E-state index is 13.7. The van der Waals surface area contributed by atoms with Crippen LogP contribution in [0.4, 0.5) is 14.5 Å². The lowest BCUT2D eigenvalue weighted by Gasteiger charge is -2.29. The van der Waals surface area contributed by atoms with Crippen molar-refractivity contribution in [3.63, 3.8) is 0 Å². The van der Waals surface area contributed by atoms with Crippen LogP contribution < -0.4 is 10.2 Å². The molecule has 2 amide bonds. The van der Waals surface area contributed by atoms with Gasteiger partial charge >= 0.3 is 0 Å². The Labute approximate surface area is 200 Å². The number of aromatic nitrogens is 2. The molecule has 0 spiro atoms. The van der Waals surface area contributed by atoms with Gasteiger partial charge in [0.1, 0.15) is 11.6 Å². The van der Waals surface area contributed by atoms with Crippen LogP contribution in [0.5, 0.6) is 0 Å². The van der Waals surface area contributed by atoms with Gasteiger partial charge in [-0.3, -0.25) is 9.59 Å². The van der Waals surface area contributed by atoms with Gasteiger partial charge in [0.2, 0.25) is 11.8 Å². The second-order valence-electron chi connectivity index (χ2n) is 9.13. The number of benzene rings is 3. The third-order valence-electron chi connectivity index (χ3n) is 6.71. The van der Waals surface area contributed by atoms with Crippen LogP contribution in [-0.2, 0) is 9.59 Å². The highest BCUT2D eigenvalue weighted by atomic mass is 19.1. The molecule has 1 aromatic heterocycles. The number of carbonyl (C=O) groups is 2. The standard InChI is InChI=1S/C27H22F2N4O2/c28-19-5-3-16(4-6-19)26-23(31-27(35)17-1-2-17)14-25(34)32(26)22-11-12-24-18(13-22)15-30-33(24)21-9-7-20(29)8-10-21/h3-13,15,17,23,26H,1-2,14H2,(H,31,35)/t23-,26+/m0/s1. The highest BCUT2D eigenvalue weighted by molar-refractivity contribution is 6.00. The monoisotopic (exact) mass is 472 g/mol. The molecule has 2 fully saturated rings. The number of rotatable bonds is 5. The maximum Gasteiger partial charge on any atom is 0.229 e. The van der Waals surface area contributed by atoms with Gasteiger partial charge in [0.25, 0.3) is 0 Å². The summed E-state index contributed by atoms with van der Waals surface area (Å²) in [5.74, 6) is -0.826. The fourth-order valence-corrected chi connectivity index (χ4v) is 4.81. The average Bonchev–Trinajstić information content (AvgIpc) is 3.55. The zero-order valence-electron chi connectivity index (χ0n) is 18.7. The number of hydrogen-bond donors (Lipinski definition) is 1. The molecule has 176 valence electrons. The summed E-state index contributed by atoms with van der Waals surface area (Å²) in [6, 6.07) is 16.8. The molecule has 8 heteroatoms. The molecule has 4 aromatic rings. The van der Waals surface area contributed by atoms with E-state index < -0.39 is 12.1 Å². The summed E-state index contributed by atoms with van der Waals surface area (Å²) in [5.41, 5.74) is 2.95. The van der Waals surface area contributed by atoms with E-state index in [0.717, 1.165) is 35.0 Å². The summed E-state index contributed by atoms with van der Waals surface area (Å²) in [4.78, 5) is 27.5. The lowest BCUT2D eigenvalue weighted by atomic mass is 9.99. The Morgan fingerprint density at radius 2 is 1.57 bits per heavy atom. The molecular weight excluding hydrogens is 450 g/mol. The van der Waals surface area contributed by atoms with Crippen molar-refractivity contribution in [1.82, 2.24) is 15.1 Å². The van der Waals surface area contributed by atoms with E-state index in [-0.39, 0.29) is 35.8 Å². The van der Waals surface area contributed by atoms with Gasteiger partial charge in [-0.25, -0.2) is 13.5 Å². The lowest BCUT2D eigenvalue weighted by molar-refractivity contribution is -0.123. The minimum absolute atomic E-state index is 0.0154. The van der Waals surface area contributed by atoms with Gasteiger partial charge in [0.15, 0.2) is 0 Å². The number of nitrogens with one attached hydrogen (secondary N) is 1. The second kappa shape index (κ2) is 8.30. The minimum atomic E-state index is -0.463. The predicted octanol–water partition coefficient (Wildman–Crippen LogP) is 4.68.